The number of hydrogen-bond donors (Lipinski definition) is 1. The van der Waals surface area contributed by atoms with E-state index in [-0.39, 0.29) is 13.0 Å². The Bertz CT molecular complexity index is 984. The average molecular weight is 481 g/mol. The summed E-state index contributed by atoms with van der Waals surface area (Å²) >= 11 is 0. The summed E-state index contributed by atoms with van der Waals surface area (Å²) in [5.41, 5.74) is -0.723. The number of alkyl halides is 2. The summed E-state index contributed by atoms with van der Waals surface area (Å²) in [4.78, 5) is 13.9. The predicted molar refractivity (Wildman–Crippen MR) is 119 cm³/mol. The van der Waals surface area contributed by atoms with Gasteiger partial charge in [0, 0.05) is 25.8 Å². The number of carbonyl (C=O) groups excluding carboxylic acids is 1. The quantitative estimate of drug-likeness (QED) is 0.619. The van der Waals surface area contributed by atoms with Crippen LogP contribution in [0.25, 0.3) is 0 Å². The molecule has 1 aliphatic heterocycles. The van der Waals surface area contributed by atoms with Crippen molar-refractivity contribution in [1.29, 1.82) is 0 Å². The minimum absolute atomic E-state index is 0.0361. The van der Waals surface area contributed by atoms with Gasteiger partial charge in [-0.2, -0.15) is 5.10 Å². The molecule has 1 saturated carbocycles. The van der Waals surface area contributed by atoms with Crippen molar-refractivity contribution in [3.05, 3.63) is 23.8 Å². The van der Waals surface area contributed by atoms with E-state index in [1.54, 1.807) is 31.6 Å². The number of ether oxygens (including phenoxy) is 1. The molecule has 1 saturated heterocycles. The normalized spacial score (nSPS) is 23.5. The first kappa shape index (κ1) is 24.5. The second kappa shape index (κ2) is 9.55. The van der Waals surface area contributed by atoms with Crippen LogP contribution in [0.2, 0.25) is 0 Å². The molecule has 2 atom stereocenters. The van der Waals surface area contributed by atoms with Crippen LogP contribution in [0.5, 0.6) is 0 Å². The maximum atomic E-state index is 14.3. The van der Waals surface area contributed by atoms with Crippen molar-refractivity contribution in [1.82, 2.24) is 40.2 Å². The number of rotatable bonds is 8. The molecular formula is C22H34F2N8O2. The highest BCUT2D eigenvalue weighted by Crippen LogP contribution is 2.39. The van der Waals surface area contributed by atoms with Gasteiger partial charge < -0.3 is 4.74 Å². The Morgan fingerprint density at radius 2 is 2.12 bits per heavy atom. The van der Waals surface area contributed by atoms with Crippen LogP contribution < -0.4 is 5.32 Å². The molecule has 188 valence electrons. The van der Waals surface area contributed by atoms with E-state index >= 15 is 0 Å². The molecule has 4 rings (SSSR count). The van der Waals surface area contributed by atoms with Crippen molar-refractivity contribution in [3.63, 3.8) is 0 Å². The SMILES string of the molecule is CCCn1nnnc1C1(NCc2ccnn2C2CC2)CCN(C(=O)OC(C)(C)C)C(C(F)F)C1. The lowest BCUT2D eigenvalue weighted by atomic mass is 9.82. The van der Waals surface area contributed by atoms with Gasteiger partial charge in [-0.1, -0.05) is 6.92 Å². The Labute approximate surface area is 198 Å². The molecule has 1 aliphatic carbocycles. The van der Waals surface area contributed by atoms with Gasteiger partial charge in [0.15, 0.2) is 5.82 Å². The lowest BCUT2D eigenvalue weighted by Crippen LogP contribution is -2.60. The average Bonchev–Trinajstić information content (AvgIpc) is 3.31. The van der Waals surface area contributed by atoms with Crippen molar-refractivity contribution in [3.8, 4) is 0 Å². The number of nitrogens with one attached hydrogen (secondary N) is 1. The summed E-state index contributed by atoms with van der Waals surface area (Å²) in [6, 6.07) is 1.00. The Balaban J connectivity index is 1.63. The highest BCUT2D eigenvalue weighted by molar-refractivity contribution is 5.69. The summed E-state index contributed by atoms with van der Waals surface area (Å²) in [6.07, 6.45) is 1.59. The minimum atomic E-state index is -2.75. The molecule has 2 fully saturated rings. The molecule has 2 aromatic rings. The number of tetrazole rings is 1. The van der Waals surface area contributed by atoms with E-state index in [9.17, 15) is 13.6 Å². The Hall–Kier alpha value is -2.63. The zero-order valence-electron chi connectivity index (χ0n) is 20.2. The molecule has 10 nitrogen and oxygen atoms in total. The molecular weight excluding hydrogens is 446 g/mol. The maximum Gasteiger partial charge on any atom is 0.410 e. The summed E-state index contributed by atoms with van der Waals surface area (Å²) < 4.78 is 37.8. The number of nitrogens with zero attached hydrogens (tertiary/aromatic N) is 7. The summed E-state index contributed by atoms with van der Waals surface area (Å²) in [5.74, 6) is 0.515. The smallest absolute Gasteiger partial charge is 0.410 e. The van der Waals surface area contributed by atoms with E-state index in [0.717, 1.165) is 29.9 Å². The van der Waals surface area contributed by atoms with Gasteiger partial charge in [0.25, 0.3) is 6.43 Å². The molecule has 0 bridgehead atoms. The largest absolute Gasteiger partial charge is 0.444 e. The third-order valence-electron chi connectivity index (χ3n) is 6.30. The molecule has 2 aromatic heterocycles. The summed E-state index contributed by atoms with van der Waals surface area (Å²) in [7, 11) is 0. The Morgan fingerprint density at radius 3 is 2.76 bits per heavy atom. The van der Waals surface area contributed by atoms with E-state index in [1.807, 2.05) is 17.7 Å². The van der Waals surface area contributed by atoms with Crippen LogP contribution >= 0.6 is 0 Å². The molecule has 0 aromatic carbocycles. The molecule has 1 N–H and O–H groups in total. The number of aromatic nitrogens is 6. The van der Waals surface area contributed by atoms with Crippen LogP contribution in [0, 0.1) is 0 Å². The highest BCUT2D eigenvalue weighted by Gasteiger charge is 2.49. The van der Waals surface area contributed by atoms with Crippen molar-refractivity contribution >= 4 is 6.09 Å². The number of halogens is 2. The van der Waals surface area contributed by atoms with E-state index in [4.69, 9.17) is 4.74 Å². The summed E-state index contributed by atoms with van der Waals surface area (Å²) in [5, 5.41) is 20.2. The van der Waals surface area contributed by atoms with Crippen LogP contribution in [-0.4, -0.2) is 65.6 Å². The molecule has 12 heteroatoms. The van der Waals surface area contributed by atoms with Crippen LogP contribution in [-0.2, 0) is 23.4 Å². The number of aryl methyl sites for hydroxylation is 1. The monoisotopic (exact) mass is 480 g/mol. The van der Waals surface area contributed by atoms with Gasteiger partial charge >= 0.3 is 6.09 Å². The van der Waals surface area contributed by atoms with Crippen LogP contribution in [0.4, 0.5) is 13.6 Å². The van der Waals surface area contributed by atoms with Gasteiger partial charge in [-0.25, -0.2) is 18.3 Å². The number of piperidine rings is 1. The first-order chi connectivity index (χ1) is 16.1. The van der Waals surface area contributed by atoms with Crippen LogP contribution in [0.1, 0.15) is 77.4 Å². The molecule has 34 heavy (non-hydrogen) atoms. The fourth-order valence-corrected chi connectivity index (χ4v) is 4.56. The van der Waals surface area contributed by atoms with E-state index in [1.165, 1.54) is 0 Å². The second-order valence-electron chi connectivity index (χ2n) is 10.2. The summed E-state index contributed by atoms with van der Waals surface area (Å²) in [6.45, 7) is 8.27. The number of carbonyl (C=O) groups is 1. The lowest BCUT2D eigenvalue weighted by molar-refractivity contribution is -0.0460. The second-order valence-corrected chi connectivity index (χ2v) is 10.2. The fraction of sp³-hybridized carbons (Fsp3) is 0.773. The third kappa shape index (κ3) is 5.21. The van der Waals surface area contributed by atoms with Gasteiger partial charge in [0.2, 0.25) is 0 Å². The zero-order chi connectivity index (χ0) is 24.5. The van der Waals surface area contributed by atoms with Gasteiger partial charge in [0.05, 0.1) is 23.3 Å². The predicted octanol–water partition coefficient (Wildman–Crippen LogP) is 3.26. The molecule has 3 heterocycles. The number of amides is 1. The molecule has 0 spiro atoms. The zero-order valence-corrected chi connectivity index (χ0v) is 20.2. The third-order valence-corrected chi connectivity index (χ3v) is 6.30. The first-order valence-electron chi connectivity index (χ1n) is 12.0. The number of likely N-dealkylation sites (tertiary alicyclic amines) is 1. The van der Waals surface area contributed by atoms with Gasteiger partial charge in [-0.05, 0) is 69.4 Å². The molecule has 0 radical (unpaired) electrons. The standard InChI is InChI=1S/C22H34F2N8O2/c1-5-11-31-19(27-28-29-31)22(25-14-16-8-10-26-32(16)15-6-7-15)9-12-30(17(13-22)18(23)24)20(33)34-21(2,3)4/h8,10,15,17-18,25H,5-7,9,11-14H2,1-4H3. The molecule has 2 unspecified atom stereocenters. The van der Waals surface area contributed by atoms with E-state index < -0.39 is 29.7 Å². The van der Waals surface area contributed by atoms with E-state index in [2.05, 4.69) is 25.9 Å². The Kier molecular flexibility index (Phi) is 6.88. The van der Waals surface area contributed by atoms with Gasteiger partial charge in [0.1, 0.15) is 5.60 Å². The van der Waals surface area contributed by atoms with E-state index in [0.29, 0.717) is 31.4 Å². The van der Waals surface area contributed by atoms with Gasteiger partial charge in [-0.15, -0.1) is 5.10 Å². The van der Waals surface area contributed by atoms with Crippen molar-refractivity contribution in [2.24, 2.45) is 0 Å². The topological polar surface area (TPSA) is 103 Å². The van der Waals surface area contributed by atoms with Gasteiger partial charge in [-0.3, -0.25) is 14.9 Å². The first-order valence-corrected chi connectivity index (χ1v) is 12.0. The number of hydrogen-bond acceptors (Lipinski definition) is 7. The fourth-order valence-electron chi connectivity index (χ4n) is 4.56. The Morgan fingerprint density at radius 1 is 1.35 bits per heavy atom. The lowest BCUT2D eigenvalue weighted by Gasteiger charge is -2.46. The van der Waals surface area contributed by atoms with Crippen LogP contribution in [0.15, 0.2) is 12.3 Å². The van der Waals surface area contributed by atoms with Crippen LogP contribution in [0.3, 0.4) is 0 Å². The van der Waals surface area contributed by atoms with Crippen molar-refractivity contribution < 1.29 is 18.3 Å². The minimum Gasteiger partial charge on any atom is -0.444 e. The highest BCUT2D eigenvalue weighted by atomic mass is 19.3. The van der Waals surface area contributed by atoms with Crippen molar-refractivity contribution in [2.45, 2.75) is 103 Å². The molecule has 2 aliphatic rings. The molecule has 1 amide bonds. The maximum absolute atomic E-state index is 14.3. The van der Waals surface area contributed by atoms with Crippen molar-refractivity contribution in [2.75, 3.05) is 6.54 Å².